The van der Waals surface area contributed by atoms with Crippen LogP contribution in [-0.2, 0) is 4.74 Å². The van der Waals surface area contributed by atoms with E-state index in [0.717, 1.165) is 12.8 Å². The van der Waals surface area contributed by atoms with Crippen LogP contribution in [0.4, 0.5) is 4.39 Å². The van der Waals surface area contributed by atoms with Crippen molar-refractivity contribution in [1.29, 1.82) is 0 Å². The SMILES string of the molecule is CCCC1OCC(O)c2cccc(F)c21. The van der Waals surface area contributed by atoms with E-state index in [-0.39, 0.29) is 18.5 Å². The van der Waals surface area contributed by atoms with Gasteiger partial charge in [0, 0.05) is 5.56 Å². The van der Waals surface area contributed by atoms with Crippen molar-refractivity contribution in [2.75, 3.05) is 6.61 Å². The third-order valence-electron chi connectivity index (χ3n) is 2.77. The maximum atomic E-state index is 13.6. The van der Waals surface area contributed by atoms with Gasteiger partial charge in [0.25, 0.3) is 0 Å². The molecular weight excluding hydrogens is 195 g/mol. The Labute approximate surface area is 88.7 Å². The molecule has 1 heterocycles. The molecule has 0 bridgehead atoms. The highest BCUT2D eigenvalue weighted by Gasteiger charge is 2.28. The topological polar surface area (TPSA) is 29.5 Å². The highest BCUT2D eigenvalue weighted by molar-refractivity contribution is 5.34. The monoisotopic (exact) mass is 210 g/mol. The fourth-order valence-electron chi connectivity index (χ4n) is 2.05. The van der Waals surface area contributed by atoms with Gasteiger partial charge in [0.2, 0.25) is 0 Å². The Morgan fingerprint density at radius 3 is 3.07 bits per heavy atom. The number of benzene rings is 1. The maximum absolute atomic E-state index is 13.6. The van der Waals surface area contributed by atoms with E-state index in [1.807, 2.05) is 6.92 Å². The zero-order valence-electron chi connectivity index (χ0n) is 8.74. The van der Waals surface area contributed by atoms with Gasteiger partial charge in [-0.25, -0.2) is 4.39 Å². The minimum absolute atomic E-state index is 0.199. The molecule has 1 aliphatic rings. The van der Waals surface area contributed by atoms with E-state index < -0.39 is 6.10 Å². The van der Waals surface area contributed by atoms with E-state index in [1.54, 1.807) is 12.1 Å². The molecular formula is C12H15FO2. The molecule has 1 aromatic rings. The Hall–Kier alpha value is -0.930. The normalized spacial score (nSPS) is 25.0. The minimum atomic E-state index is -0.691. The molecule has 0 saturated heterocycles. The molecule has 2 rings (SSSR count). The van der Waals surface area contributed by atoms with Crippen LogP contribution in [0, 0.1) is 5.82 Å². The number of hydrogen-bond donors (Lipinski definition) is 1. The van der Waals surface area contributed by atoms with Gasteiger partial charge < -0.3 is 9.84 Å². The zero-order valence-corrected chi connectivity index (χ0v) is 8.74. The van der Waals surface area contributed by atoms with Gasteiger partial charge in [0.15, 0.2) is 0 Å². The quantitative estimate of drug-likeness (QED) is 0.813. The first kappa shape index (κ1) is 10.6. The van der Waals surface area contributed by atoms with Gasteiger partial charge in [-0.3, -0.25) is 0 Å². The Morgan fingerprint density at radius 2 is 2.33 bits per heavy atom. The Morgan fingerprint density at radius 1 is 1.53 bits per heavy atom. The number of ether oxygens (including phenoxy) is 1. The summed E-state index contributed by atoms with van der Waals surface area (Å²) in [5.74, 6) is -0.273. The van der Waals surface area contributed by atoms with Crippen LogP contribution in [-0.4, -0.2) is 11.7 Å². The summed E-state index contributed by atoms with van der Waals surface area (Å²) in [6, 6.07) is 4.82. The lowest BCUT2D eigenvalue weighted by Crippen LogP contribution is -2.22. The Kier molecular flexibility index (Phi) is 3.03. The van der Waals surface area contributed by atoms with Gasteiger partial charge in [-0.05, 0) is 18.1 Å². The van der Waals surface area contributed by atoms with E-state index >= 15 is 0 Å². The molecule has 0 fully saturated rings. The van der Waals surface area contributed by atoms with Gasteiger partial charge >= 0.3 is 0 Å². The fourth-order valence-corrected chi connectivity index (χ4v) is 2.05. The molecule has 3 heteroatoms. The van der Waals surface area contributed by atoms with Crippen molar-refractivity contribution in [3.63, 3.8) is 0 Å². The standard InChI is InChI=1S/C12H15FO2/c1-2-4-11-12-8(10(14)7-15-11)5-3-6-9(12)13/h3,5-6,10-11,14H,2,4,7H2,1H3. The van der Waals surface area contributed by atoms with Crippen molar-refractivity contribution < 1.29 is 14.2 Å². The highest BCUT2D eigenvalue weighted by atomic mass is 19.1. The largest absolute Gasteiger partial charge is 0.386 e. The second kappa shape index (κ2) is 4.29. The van der Waals surface area contributed by atoms with Crippen molar-refractivity contribution in [2.45, 2.75) is 32.0 Å². The number of halogens is 1. The predicted octanol–water partition coefficient (Wildman–Crippen LogP) is 2.73. The first-order valence-corrected chi connectivity index (χ1v) is 5.32. The van der Waals surface area contributed by atoms with E-state index in [1.165, 1.54) is 6.07 Å². The van der Waals surface area contributed by atoms with E-state index in [9.17, 15) is 9.50 Å². The second-order valence-corrected chi connectivity index (χ2v) is 3.87. The van der Waals surface area contributed by atoms with Gasteiger partial charge in [-0.2, -0.15) is 0 Å². The molecule has 82 valence electrons. The van der Waals surface area contributed by atoms with Gasteiger partial charge in [0.1, 0.15) is 11.9 Å². The summed E-state index contributed by atoms with van der Waals surface area (Å²) >= 11 is 0. The molecule has 0 spiro atoms. The molecule has 0 saturated carbocycles. The van der Waals surface area contributed by atoms with Crippen molar-refractivity contribution >= 4 is 0 Å². The van der Waals surface area contributed by atoms with Crippen molar-refractivity contribution in [3.05, 3.63) is 35.1 Å². The molecule has 2 unspecified atom stereocenters. The number of aliphatic hydroxyl groups excluding tert-OH is 1. The number of fused-ring (bicyclic) bond motifs is 1. The first-order chi connectivity index (χ1) is 7.24. The summed E-state index contributed by atoms with van der Waals surface area (Å²) in [4.78, 5) is 0. The predicted molar refractivity (Wildman–Crippen MR) is 55.0 cm³/mol. The highest BCUT2D eigenvalue weighted by Crippen LogP contribution is 2.36. The summed E-state index contributed by atoms with van der Waals surface area (Å²) < 4.78 is 19.1. The molecule has 15 heavy (non-hydrogen) atoms. The van der Waals surface area contributed by atoms with E-state index in [2.05, 4.69) is 0 Å². The number of hydrogen-bond acceptors (Lipinski definition) is 2. The smallest absolute Gasteiger partial charge is 0.129 e. The van der Waals surface area contributed by atoms with Crippen LogP contribution >= 0.6 is 0 Å². The minimum Gasteiger partial charge on any atom is -0.386 e. The average molecular weight is 210 g/mol. The Balaban J connectivity index is 2.42. The van der Waals surface area contributed by atoms with Crippen LogP contribution in [0.5, 0.6) is 0 Å². The molecule has 2 atom stereocenters. The average Bonchev–Trinajstić information content (AvgIpc) is 2.23. The lowest BCUT2D eigenvalue weighted by atomic mass is 9.93. The summed E-state index contributed by atoms with van der Waals surface area (Å²) in [6.07, 6.45) is 0.841. The van der Waals surface area contributed by atoms with E-state index in [4.69, 9.17) is 4.74 Å². The third-order valence-corrected chi connectivity index (χ3v) is 2.77. The van der Waals surface area contributed by atoms with Crippen LogP contribution in [0.3, 0.4) is 0 Å². The number of rotatable bonds is 2. The van der Waals surface area contributed by atoms with Crippen LogP contribution < -0.4 is 0 Å². The second-order valence-electron chi connectivity index (χ2n) is 3.87. The third kappa shape index (κ3) is 1.90. The first-order valence-electron chi connectivity index (χ1n) is 5.32. The molecule has 0 amide bonds. The van der Waals surface area contributed by atoms with Crippen molar-refractivity contribution in [3.8, 4) is 0 Å². The maximum Gasteiger partial charge on any atom is 0.129 e. The number of aliphatic hydroxyl groups is 1. The molecule has 0 aliphatic carbocycles. The summed E-state index contributed by atoms with van der Waals surface area (Å²) in [7, 11) is 0. The van der Waals surface area contributed by atoms with Gasteiger partial charge in [0.05, 0.1) is 12.7 Å². The Bertz CT molecular complexity index is 351. The zero-order chi connectivity index (χ0) is 10.8. The fraction of sp³-hybridized carbons (Fsp3) is 0.500. The molecule has 0 aromatic heterocycles. The molecule has 0 radical (unpaired) electrons. The summed E-state index contributed by atoms with van der Waals surface area (Å²) in [5, 5.41) is 9.68. The van der Waals surface area contributed by atoms with Gasteiger partial charge in [-0.1, -0.05) is 25.5 Å². The lowest BCUT2D eigenvalue weighted by molar-refractivity contribution is -0.0358. The van der Waals surface area contributed by atoms with E-state index in [0.29, 0.717) is 11.1 Å². The summed E-state index contributed by atoms with van der Waals surface area (Å²) in [5.41, 5.74) is 1.22. The molecule has 1 aliphatic heterocycles. The summed E-state index contributed by atoms with van der Waals surface area (Å²) in [6.45, 7) is 2.30. The molecule has 2 nitrogen and oxygen atoms in total. The molecule has 1 aromatic carbocycles. The van der Waals surface area contributed by atoms with Crippen LogP contribution in [0.2, 0.25) is 0 Å². The lowest BCUT2D eigenvalue weighted by Gasteiger charge is -2.29. The van der Waals surface area contributed by atoms with Crippen LogP contribution in [0.25, 0.3) is 0 Å². The van der Waals surface area contributed by atoms with Crippen molar-refractivity contribution in [2.24, 2.45) is 0 Å². The van der Waals surface area contributed by atoms with Gasteiger partial charge in [-0.15, -0.1) is 0 Å². The van der Waals surface area contributed by atoms with Crippen LogP contribution in [0.15, 0.2) is 18.2 Å². The van der Waals surface area contributed by atoms with Crippen LogP contribution in [0.1, 0.15) is 43.1 Å². The van der Waals surface area contributed by atoms with Crippen molar-refractivity contribution in [1.82, 2.24) is 0 Å². The molecule has 1 N–H and O–H groups in total.